The molecule has 0 radical (unpaired) electrons. The maximum atomic E-state index is 11.9. The van der Waals surface area contributed by atoms with E-state index in [9.17, 15) is 4.79 Å². The molecule has 0 unspecified atom stereocenters. The molecular formula is C13H15ClN2O2. The SMILES string of the molecule is COc1ccc2c3c(c(=O)[nH]c2c1)CCCN3.Cl. The van der Waals surface area contributed by atoms with Gasteiger partial charge in [-0.05, 0) is 25.0 Å². The van der Waals surface area contributed by atoms with Gasteiger partial charge in [-0.1, -0.05) is 0 Å². The van der Waals surface area contributed by atoms with Crippen molar-refractivity contribution in [1.29, 1.82) is 0 Å². The summed E-state index contributed by atoms with van der Waals surface area (Å²) in [4.78, 5) is 14.9. The zero-order valence-corrected chi connectivity index (χ0v) is 10.9. The van der Waals surface area contributed by atoms with Gasteiger partial charge in [0.05, 0.1) is 18.3 Å². The summed E-state index contributed by atoms with van der Waals surface area (Å²) in [7, 11) is 1.62. The molecule has 0 fully saturated rings. The van der Waals surface area contributed by atoms with Crippen LogP contribution in [0.15, 0.2) is 23.0 Å². The molecular weight excluding hydrogens is 252 g/mol. The second-order valence-corrected chi connectivity index (χ2v) is 4.25. The Morgan fingerprint density at radius 2 is 2.17 bits per heavy atom. The van der Waals surface area contributed by atoms with Crippen LogP contribution in [0.3, 0.4) is 0 Å². The van der Waals surface area contributed by atoms with Crippen LogP contribution in [-0.4, -0.2) is 18.6 Å². The summed E-state index contributed by atoms with van der Waals surface area (Å²) >= 11 is 0. The van der Waals surface area contributed by atoms with Crippen LogP contribution in [0.1, 0.15) is 12.0 Å². The van der Waals surface area contributed by atoms with E-state index in [1.54, 1.807) is 7.11 Å². The van der Waals surface area contributed by atoms with Gasteiger partial charge in [-0.2, -0.15) is 0 Å². The second-order valence-electron chi connectivity index (χ2n) is 4.25. The number of hydrogen-bond acceptors (Lipinski definition) is 3. The predicted octanol–water partition coefficient (Wildman–Crippen LogP) is 2.32. The highest BCUT2D eigenvalue weighted by Crippen LogP contribution is 2.29. The van der Waals surface area contributed by atoms with Crippen LogP contribution >= 0.6 is 12.4 Å². The normalized spacial score (nSPS) is 13.4. The first-order chi connectivity index (χ1) is 8.29. The Labute approximate surface area is 111 Å². The summed E-state index contributed by atoms with van der Waals surface area (Å²) in [5.41, 5.74) is 2.68. The zero-order valence-electron chi connectivity index (χ0n) is 10.1. The fourth-order valence-electron chi connectivity index (χ4n) is 2.36. The number of benzene rings is 1. The molecule has 18 heavy (non-hydrogen) atoms. The van der Waals surface area contributed by atoms with Crippen LogP contribution in [0.4, 0.5) is 5.69 Å². The number of methoxy groups -OCH3 is 1. The van der Waals surface area contributed by atoms with Gasteiger partial charge in [0, 0.05) is 23.6 Å². The highest BCUT2D eigenvalue weighted by Gasteiger charge is 2.15. The van der Waals surface area contributed by atoms with Crippen molar-refractivity contribution in [1.82, 2.24) is 4.98 Å². The lowest BCUT2D eigenvalue weighted by molar-refractivity contribution is 0.415. The van der Waals surface area contributed by atoms with Crippen LogP contribution in [-0.2, 0) is 6.42 Å². The van der Waals surface area contributed by atoms with Crippen molar-refractivity contribution in [3.8, 4) is 5.75 Å². The van der Waals surface area contributed by atoms with Crippen LogP contribution < -0.4 is 15.6 Å². The van der Waals surface area contributed by atoms with Gasteiger partial charge in [-0.25, -0.2) is 0 Å². The molecule has 2 heterocycles. The molecule has 2 aromatic rings. The lowest BCUT2D eigenvalue weighted by Crippen LogP contribution is -2.22. The van der Waals surface area contributed by atoms with Crippen LogP contribution in [0.25, 0.3) is 10.9 Å². The van der Waals surface area contributed by atoms with E-state index in [2.05, 4.69) is 10.3 Å². The minimum Gasteiger partial charge on any atom is -0.497 e. The molecule has 2 N–H and O–H groups in total. The van der Waals surface area contributed by atoms with E-state index in [0.29, 0.717) is 0 Å². The highest BCUT2D eigenvalue weighted by molar-refractivity contribution is 5.93. The first kappa shape index (κ1) is 12.8. The summed E-state index contributed by atoms with van der Waals surface area (Å²) in [5.74, 6) is 0.754. The van der Waals surface area contributed by atoms with E-state index in [1.807, 2.05) is 18.2 Å². The molecule has 0 aliphatic carbocycles. The number of fused-ring (bicyclic) bond motifs is 3. The molecule has 4 nitrogen and oxygen atoms in total. The molecule has 0 atom stereocenters. The zero-order chi connectivity index (χ0) is 11.8. The third kappa shape index (κ3) is 1.93. The van der Waals surface area contributed by atoms with E-state index >= 15 is 0 Å². The average Bonchev–Trinajstić information content (AvgIpc) is 2.38. The number of pyridine rings is 1. The lowest BCUT2D eigenvalue weighted by atomic mass is 10.0. The molecule has 0 saturated carbocycles. The predicted molar refractivity (Wildman–Crippen MR) is 75.2 cm³/mol. The summed E-state index contributed by atoms with van der Waals surface area (Å²) in [5, 5.41) is 4.38. The number of aromatic nitrogens is 1. The highest BCUT2D eigenvalue weighted by atomic mass is 35.5. The van der Waals surface area contributed by atoms with E-state index in [0.717, 1.165) is 47.3 Å². The van der Waals surface area contributed by atoms with Crippen molar-refractivity contribution in [2.75, 3.05) is 19.0 Å². The van der Waals surface area contributed by atoms with Gasteiger partial charge in [-0.15, -0.1) is 12.4 Å². The molecule has 0 spiro atoms. The molecule has 0 bridgehead atoms. The summed E-state index contributed by atoms with van der Waals surface area (Å²) < 4.78 is 5.16. The van der Waals surface area contributed by atoms with Gasteiger partial charge in [0.15, 0.2) is 0 Å². The van der Waals surface area contributed by atoms with Crippen molar-refractivity contribution in [2.45, 2.75) is 12.8 Å². The minimum absolute atomic E-state index is 0. The number of H-pyrrole nitrogens is 1. The molecule has 5 heteroatoms. The van der Waals surface area contributed by atoms with E-state index < -0.39 is 0 Å². The molecule has 0 saturated heterocycles. The third-order valence-electron chi connectivity index (χ3n) is 3.23. The van der Waals surface area contributed by atoms with Gasteiger partial charge in [0.2, 0.25) is 0 Å². The number of anilines is 1. The van der Waals surface area contributed by atoms with E-state index in [-0.39, 0.29) is 18.0 Å². The lowest BCUT2D eigenvalue weighted by Gasteiger charge is -2.19. The number of rotatable bonds is 1. The summed E-state index contributed by atoms with van der Waals surface area (Å²) in [6.45, 7) is 0.928. The number of halogens is 1. The Hall–Kier alpha value is -1.68. The Balaban J connectivity index is 0.00000120. The number of ether oxygens (including phenoxy) is 1. The fourth-order valence-corrected chi connectivity index (χ4v) is 2.36. The molecule has 96 valence electrons. The van der Waals surface area contributed by atoms with Crippen LogP contribution in [0.2, 0.25) is 0 Å². The first-order valence-electron chi connectivity index (χ1n) is 5.76. The second kappa shape index (κ2) is 4.90. The van der Waals surface area contributed by atoms with Crippen molar-refractivity contribution < 1.29 is 4.74 Å². The monoisotopic (exact) mass is 266 g/mol. The van der Waals surface area contributed by atoms with Crippen LogP contribution in [0, 0.1) is 0 Å². The molecule has 1 aromatic heterocycles. The third-order valence-corrected chi connectivity index (χ3v) is 3.23. The molecule has 1 aliphatic heterocycles. The quantitative estimate of drug-likeness (QED) is 0.833. The summed E-state index contributed by atoms with van der Waals surface area (Å²) in [6.07, 6.45) is 1.86. The van der Waals surface area contributed by atoms with Gasteiger partial charge < -0.3 is 15.0 Å². The van der Waals surface area contributed by atoms with E-state index in [4.69, 9.17) is 4.74 Å². The number of aromatic amines is 1. The largest absolute Gasteiger partial charge is 0.497 e. The molecule has 1 aromatic carbocycles. The average molecular weight is 267 g/mol. The Bertz CT molecular complexity index is 637. The molecule has 3 rings (SSSR count). The Morgan fingerprint density at radius 3 is 2.94 bits per heavy atom. The first-order valence-corrected chi connectivity index (χ1v) is 5.76. The van der Waals surface area contributed by atoms with E-state index in [1.165, 1.54) is 0 Å². The van der Waals surface area contributed by atoms with Crippen LogP contribution in [0.5, 0.6) is 5.75 Å². The number of nitrogens with one attached hydrogen (secondary N) is 2. The van der Waals surface area contributed by atoms with Crippen molar-refractivity contribution in [2.24, 2.45) is 0 Å². The molecule has 0 amide bonds. The van der Waals surface area contributed by atoms with Gasteiger partial charge in [0.1, 0.15) is 5.75 Å². The maximum Gasteiger partial charge on any atom is 0.253 e. The van der Waals surface area contributed by atoms with Crippen molar-refractivity contribution in [3.63, 3.8) is 0 Å². The smallest absolute Gasteiger partial charge is 0.253 e. The van der Waals surface area contributed by atoms with Gasteiger partial charge in [0.25, 0.3) is 5.56 Å². The van der Waals surface area contributed by atoms with Gasteiger partial charge in [-0.3, -0.25) is 4.79 Å². The molecule has 1 aliphatic rings. The van der Waals surface area contributed by atoms with Crippen molar-refractivity contribution >= 4 is 29.0 Å². The summed E-state index contributed by atoms with van der Waals surface area (Å²) in [6, 6.07) is 5.76. The minimum atomic E-state index is 0. The number of hydrogen-bond donors (Lipinski definition) is 2. The standard InChI is InChI=1S/C13H14N2O2.ClH/c1-17-8-4-5-9-11(7-8)15-13(16)10-3-2-6-14-12(9)10;/h4-5,7,14H,2-3,6H2,1H3,(H,15,16);1H. The topological polar surface area (TPSA) is 54.1 Å². The van der Waals surface area contributed by atoms with Crippen molar-refractivity contribution in [3.05, 3.63) is 34.1 Å². The fraction of sp³-hybridized carbons (Fsp3) is 0.308. The Morgan fingerprint density at radius 1 is 1.33 bits per heavy atom. The van der Waals surface area contributed by atoms with Gasteiger partial charge >= 0.3 is 0 Å². The Kier molecular flexibility index (Phi) is 3.48. The maximum absolute atomic E-state index is 11.9.